The Labute approximate surface area is 126 Å². The lowest BCUT2D eigenvalue weighted by atomic mass is 10.2. The van der Waals surface area contributed by atoms with E-state index in [9.17, 15) is 13.2 Å². The Bertz CT molecular complexity index is 585. The number of alkyl halides is 3. The normalized spacial score (nSPS) is 13.1. The Kier molecular flexibility index (Phi) is 4.59. The first-order valence-corrected chi connectivity index (χ1v) is 7.32. The van der Waals surface area contributed by atoms with Crippen LogP contribution in [-0.2, 0) is 0 Å². The average Bonchev–Trinajstić information content (AvgIpc) is 2.74. The van der Waals surface area contributed by atoms with Gasteiger partial charge >= 0.3 is 6.36 Å². The van der Waals surface area contributed by atoms with E-state index in [1.165, 1.54) is 18.2 Å². The second-order valence-corrected chi connectivity index (χ2v) is 6.58. The molecule has 108 valence electrons. The molecule has 0 fully saturated rings. The van der Waals surface area contributed by atoms with Gasteiger partial charge in [-0.15, -0.1) is 24.5 Å². The third-order valence-electron chi connectivity index (χ3n) is 2.47. The molecule has 1 aromatic carbocycles. The molecule has 2 rings (SSSR count). The van der Waals surface area contributed by atoms with E-state index in [0.717, 1.165) is 8.66 Å². The molecule has 1 N–H and O–H groups in total. The first-order chi connectivity index (χ1) is 9.33. The number of ether oxygens (including phenoxy) is 1. The maximum atomic E-state index is 12.2. The van der Waals surface area contributed by atoms with Gasteiger partial charge < -0.3 is 10.1 Å². The molecule has 1 atom stereocenters. The van der Waals surface area contributed by atoms with E-state index in [1.54, 1.807) is 17.4 Å². The molecule has 1 heterocycles. The fraction of sp³-hybridized carbons (Fsp3) is 0.231. The summed E-state index contributed by atoms with van der Waals surface area (Å²) >= 11 is 4.95. The molecule has 0 radical (unpaired) electrons. The van der Waals surface area contributed by atoms with Crippen LogP contribution in [0.15, 0.2) is 40.2 Å². The van der Waals surface area contributed by atoms with Crippen LogP contribution in [0.1, 0.15) is 17.8 Å². The van der Waals surface area contributed by atoms with Crippen LogP contribution in [0.2, 0.25) is 0 Å². The van der Waals surface area contributed by atoms with Crippen LogP contribution < -0.4 is 10.1 Å². The minimum Gasteiger partial charge on any atom is -0.406 e. The summed E-state index contributed by atoms with van der Waals surface area (Å²) in [7, 11) is 0. The molecule has 0 aliphatic carbocycles. The SMILES string of the molecule is CC(Nc1cccc(OC(F)(F)F)c1)c1ccc(Br)s1. The number of nitrogens with one attached hydrogen (secondary N) is 1. The maximum absolute atomic E-state index is 12.2. The third kappa shape index (κ3) is 4.42. The lowest BCUT2D eigenvalue weighted by Gasteiger charge is -2.15. The molecule has 20 heavy (non-hydrogen) atoms. The third-order valence-corrected chi connectivity index (χ3v) is 4.28. The molecule has 7 heteroatoms. The van der Waals surface area contributed by atoms with Crippen molar-refractivity contribution in [1.82, 2.24) is 0 Å². The number of benzene rings is 1. The van der Waals surface area contributed by atoms with Gasteiger partial charge in [0.1, 0.15) is 5.75 Å². The van der Waals surface area contributed by atoms with Gasteiger partial charge in [-0.2, -0.15) is 0 Å². The number of hydrogen-bond acceptors (Lipinski definition) is 3. The zero-order valence-electron chi connectivity index (χ0n) is 10.4. The Morgan fingerprint density at radius 2 is 2.00 bits per heavy atom. The monoisotopic (exact) mass is 365 g/mol. The minimum atomic E-state index is -4.68. The van der Waals surface area contributed by atoms with E-state index in [-0.39, 0.29) is 11.8 Å². The average molecular weight is 366 g/mol. The summed E-state index contributed by atoms with van der Waals surface area (Å²) in [5.41, 5.74) is 0.573. The van der Waals surface area contributed by atoms with Crippen LogP contribution in [0.4, 0.5) is 18.9 Å². The van der Waals surface area contributed by atoms with Gasteiger partial charge in [-0.25, -0.2) is 0 Å². The quantitative estimate of drug-likeness (QED) is 0.763. The van der Waals surface area contributed by atoms with Gasteiger partial charge in [0, 0.05) is 16.6 Å². The Morgan fingerprint density at radius 3 is 2.60 bits per heavy atom. The highest BCUT2D eigenvalue weighted by atomic mass is 79.9. The van der Waals surface area contributed by atoms with Gasteiger partial charge in [0.2, 0.25) is 0 Å². The van der Waals surface area contributed by atoms with Crippen molar-refractivity contribution >= 4 is 33.0 Å². The Morgan fingerprint density at radius 1 is 1.25 bits per heavy atom. The summed E-state index contributed by atoms with van der Waals surface area (Å²) in [5, 5.41) is 3.14. The molecular weight excluding hydrogens is 355 g/mol. The zero-order chi connectivity index (χ0) is 14.8. The topological polar surface area (TPSA) is 21.3 Å². The minimum absolute atomic E-state index is 0.00700. The van der Waals surface area contributed by atoms with Crippen molar-refractivity contribution in [3.05, 3.63) is 45.1 Å². The molecule has 1 aromatic heterocycles. The summed E-state index contributed by atoms with van der Waals surface area (Å²) in [6, 6.07) is 9.69. The van der Waals surface area contributed by atoms with Gasteiger partial charge in [0.15, 0.2) is 0 Å². The van der Waals surface area contributed by atoms with E-state index < -0.39 is 6.36 Å². The first-order valence-electron chi connectivity index (χ1n) is 5.71. The number of halogens is 4. The van der Waals surface area contributed by atoms with E-state index in [0.29, 0.717) is 5.69 Å². The lowest BCUT2D eigenvalue weighted by molar-refractivity contribution is -0.274. The molecule has 2 nitrogen and oxygen atoms in total. The molecule has 2 aromatic rings. The van der Waals surface area contributed by atoms with Gasteiger partial charge in [-0.3, -0.25) is 0 Å². The molecule has 0 bridgehead atoms. The largest absolute Gasteiger partial charge is 0.573 e. The summed E-state index contributed by atoms with van der Waals surface area (Å²) in [4.78, 5) is 1.08. The van der Waals surface area contributed by atoms with Gasteiger partial charge in [0.25, 0.3) is 0 Å². The molecule has 0 saturated heterocycles. The number of hydrogen-bond donors (Lipinski definition) is 1. The molecular formula is C13H11BrF3NOS. The summed E-state index contributed by atoms with van der Waals surface area (Å²) in [6.07, 6.45) is -4.68. The first kappa shape index (κ1) is 15.2. The van der Waals surface area contributed by atoms with E-state index in [4.69, 9.17) is 0 Å². The molecule has 1 unspecified atom stereocenters. The Balaban J connectivity index is 2.08. The fourth-order valence-corrected chi connectivity index (χ4v) is 3.09. The van der Waals surface area contributed by atoms with Crippen LogP contribution in [0.25, 0.3) is 0 Å². The van der Waals surface area contributed by atoms with Crippen molar-refractivity contribution in [3.63, 3.8) is 0 Å². The van der Waals surface area contributed by atoms with Crippen molar-refractivity contribution in [1.29, 1.82) is 0 Å². The van der Waals surface area contributed by atoms with Crippen LogP contribution in [0, 0.1) is 0 Å². The highest BCUT2D eigenvalue weighted by molar-refractivity contribution is 9.11. The van der Waals surface area contributed by atoms with Crippen LogP contribution in [0.3, 0.4) is 0 Å². The smallest absolute Gasteiger partial charge is 0.406 e. The fourth-order valence-electron chi connectivity index (χ4n) is 1.67. The van der Waals surface area contributed by atoms with Crippen LogP contribution in [-0.4, -0.2) is 6.36 Å². The second-order valence-electron chi connectivity index (χ2n) is 4.08. The number of anilines is 1. The van der Waals surface area contributed by atoms with Crippen LogP contribution in [0.5, 0.6) is 5.75 Å². The highest BCUT2D eigenvalue weighted by Crippen LogP contribution is 2.31. The van der Waals surface area contributed by atoms with Gasteiger partial charge in [0.05, 0.1) is 9.83 Å². The summed E-state index contributed by atoms with van der Waals surface area (Å²) < 4.78 is 41.4. The van der Waals surface area contributed by atoms with E-state index in [1.807, 2.05) is 19.1 Å². The van der Waals surface area contributed by atoms with Crippen LogP contribution >= 0.6 is 27.3 Å². The zero-order valence-corrected chi connectivity index (χ0v) is 12.8. The molecule has 0 amide bonds. The molecule has 0 spiro atoms. The highest BCUT2D eigenvalue weighted by Gasteiger charge is 2.31. The van der Waals surface area contributed by atoms with Crippen molar-refractivity contribution < 1.29 is 17.9 Å². The van der Waals surface area contributed by atoms with Crippen molar-refractivity contribution in [2.24, 2.45) is 0 Å². The standard InChI is InChI=1S/C13H11BrF3NOS/c1-8(11-5-6-12(14)20-11)18-9-3-2-4-10(7-9)19-13(15,16)17/h2-8,18H,1H3. The summed E-state index contributed by atoms with van der Waals surface area (Å²) in [5.74, 6) is -0.234. The van der Waals surface area contributed by atoms with Crippen molar-refractivity contribution in [2.45, 2.75) is 19.3 Å². The predicted octanol–water partition coefficient (Wildman–Crippen LogP) is 5.58. The predicted molar refractivity (Wildman–Crippen MR) is 77.2 cm³/mol. The van der Waals surface area contributed by atoms with Gasteiger partial charge in [-0.1, -0.05) is 6.07 Å². The van der Waals surface area contributed by atoms with Crippen molar-refractivity contribution in [3.8, 4) is 5.75 Å². The number of thiophene rings is 1. The number of rotatable bonds is 4. The van der Waals surface area contributed by atoms with E-state index in [2.05, 4.69) is 26.0 Å². The lowest BCUT2D eigenvalue weighted by Crippen LogP contribution is -2.17. The van der Waals surface area contributed by atoms with E-state index >= 15 is 0 Å². The molecule has 0 aliphatic rings. The van der Waals surface area contributed by atoms with Gasteiger partial charge in [-0.05, 0) is 47.1 Å². The summed E-state index contributed by atoms with van der Waals surface area (Å²) in [6.45, 7) is 1.94. The molecule has 0 saturated carbocycles. The molecule has 0 aliphatic heterocycles. The van der Waals surface area contributed by atoms with Crippen molar-refractivity contribution in [2.75, 3.05) is 5.32 Å². The Hall–Kier alpha value is -1.21. The maximum Gasteiger partial charge on any atom is 0.573 e. The second kappa shape index (κ2) is 6.05.